The van der Waals surface area contributed by atoms with Crippen LogP contribution in [0.25, 0.3) is 0 Å². The van der Waals surface area contributed by atoms with Crippen LogP contribution in [0.2, 0.25) is 0 Å². The lowest BCUT2D eigenvalue weighted by Gasteiger charge is -2.18. The van der Waals surface area contributed by atoms with E-state index in [2.05, 4.69) is 18.7 Å². The zero-order chi connectivity index (χ0) is 11.9. The average molecular weight is 230 g/mol. The highest BCUT2D eigenvalue weighted by Gasteiger charge is 2.10. The Hall–Kier alpha value is -0.780. The van der Waals surface area contributed by atoms with E-state index in [-0.39, 0.29) is 0 Å². The summed E-state index contributed by atoms with van der Waals surface area (Å²) in [6.45, 7) is 4.20. The molecule has 0 aromatic carbocycles. The first-order valence-electron chi connectivity index (χ1n) is 7.44. The standard InChI is InChI=1S/C17H26/c1-15-10-6-5-9-13-17(14-15)16-11-7-3-2-4-8-12-16/h11,14H,1-10,12-13H2. The van der Waals surface area contributed by atoms with Crippen LogP contribution in [0.4, 0.5) is 0 Å². The maximum Gasteiger partial charge on any atom is -0.0276 e. The van der Waals surface area contributed by atoms with Crippen LogP contribution in [0, 0.1) is 0 Å². The molecule has 2 rings (SSSR count). The Morgan fingerprint density at radius 1 is 0.706 bits per heavy atom. The monoisotopic (exact) mass is 230 g/mol. The zero-order valence-electron chi connectivity index (χ0n) is 11.1. The molecular formula is C17H26. The van der Waals surface area contributed by atoms with Crippen molar-refractivity contribution in [2.75, 3.05) is 0 Å². The number of hydrogen-bond acceptors (Lipinski definition) is 0. The summed E-state index contributed by atoms with van der Waals surface area (Å²) in [5.41, 5.74) is 4.60. The minimum atomic E-state index is 1.21. The van der Waals surface area contributed by atoms with Crippen molar-refractivity contribution >= 4 is 0 Å². The first-order valence-corrected chi connectivity index (χ1v) is 7.44. The lowest BCUT2D eigenvalue weighted by molar-refractivity contribution is 0.617. The van der Waals surface area contributed by atoms with Crippen LogP contribution in [-0.4, -0.2) is 0 Å². The molecule has 0 aliphatic heterocycles. The van der Waals surface area contributed by atoms with Crippen molar-refractivity contribution in [3.63, 3.8) is 0 Å². The van der Waals surface area contributed by atoms with Gasteiger partial charge < -0.3 is 0 Å². The van der Waals surface area contributed by atoms with Crippen molar-refractivity contribution in [2.45, 2.75) is 70.6 Å². The Bertz CT molecular complexity index is 317. The maximum absolute atomic E-state index is 4.20. The molecule has 0 N–H and O–H groups in total. The molecular weight excluding hydrogens is 204 g/mol. The van der Waals surface area contributed by atoms with E-state index in [0.29, 0.717) is 0 Å². The van der Waals surface area contributed by atoms with Gasteiger partial charge in [0.1, 0.15) is 0 Å². The summed E-state index contributed by atoms with van der Waals surface area (Å²) in [7, 11) is 0. The second kappa shape index (κ2) is 6.83. The fraction of sp³-hybridized carbons (Fsp3) is 0.647. The minimum Gasteiger partial charge on any atom is -0.0958 e. The molecule has 0 atom stereocenters. The summed E-state index contributed by atoms with van der Waals surface area (Å²) in [5.74, 6) is 0. The minimum absolute atomic E-state index is 1.21. The fourth-order valence-corrected chi connectivity index (χ4v) is 2.97. The van der Waals surface area contributed by atoms with Gasteiger partial charge in [-0.1, -0.05) is 43.6 Å². The van der Waals surface area contributed by atoms with E-state index in [1.165, 1.54) is 76.2 Å². The van der Waals surface area contributed by atoms with E-state index in [1.54, 1.807) is 11.1 Å². The summed E-state index contributed by atoms with van der Waals surface area (Å²) < 4.78 is 0. The van der Waals surface area contributed by atoms with Gasteiger partial charge in [-0.15, -0.1) is 0 Å². The van der Waals surface area contributed by atoms with Gasteiger partial charge in [0.15, 0.2) is 0 Å². The lowest BCUT2D eigenvalue weighted by atomic mass is 9.88. The van der Waals surface area contributed by atoms with Crippen molar-refractivity contribution in [3.05, 3.63) is 35.5 Å². The molecule has 0 radical (unpaired) electrons. The smallest absolute Gasteiger partial charge is 0.0276 e. The van der Waals surface area contributed by atoms with Crippen LogP contribution in [0.15, 0.2) is 35.5 Å². The van der Waals surface area contributed by atoms with Crippen molar-refractivity contribution in [1.29, 1.82) is 0 Å². The molecule has 0 aromatic rings. The molecule has 94 valence electrons. The van der Waals surface area contributed by atoms with Gasteiger partial charge in [0.2, 0.25) is 0 Å². The molecule has 0 spiro atoms. The van der Waals surface area contributed by atoms with Crippen molar-refractivity contribution < 1.29 is 0 Å². The largest absolute Gasteiger partial charge is 0.0958 e. The third kappa shape index (κ3) is 4.18. The number of hydrogen-bond donors (Lipinski definition) is 0. The van der Waals surface area contributed by atoms with Crippen molar-refractivity contribution in [1.82, 2.24) is 0 Å². The molecule has 0 amide bonds. The predicted molar refractivity (Wildman–Crippen MR) is 76.1 cm³/mol. The van der Waals surface area contributed by atoms with Crippen LogP contribution < -0.4 is 0 Å². The molecule has 0 saturated heterocycles. The van der Waals surface area contributed by atoms with Gasteiger partial charge in [0.05, 0.1) is 0 Å². The molecule has 0 aromatic heterocycles. The molecule has 0 unspecified atom stereocenters. The predicted octanol–water partition coefficient (Wildman–Crippen LogP) is 5.71. The highest BCUT2D eigenvalue weighted by Crippen LogP contribution is 2.29. The lowest BCUT2D eigenvalue weighted by Crippen LogP contribution is -1.98. The van der Waals surface area contributed by atoms with Crippen LogP contribution in [0.5, 0.6) is 0 Å². The summed E-state index contributed by atoms with van der Waals surface area (Å²) in [5, 5.41) is 0. The van der Waals surface area contributed by atoms with Gasteiger partial charge in [0.25, 0.3) is 0 Å². The summed E-state index contributed by atoms with van der Waals surface area (Å²) in [6.07, 6.45) is 19.7. The highest BCUT2D eigenvalue weighted by molar-refractivity contribution is 5.37. The number of rotatable bonds is 1. The summed E-state index contributed by atoms with van der Waals surface area (Å²) >= 11 is 0. The Morgan fingerprint density at radius 2 is 1.35 bits per heavy atom. The highest BCUT2D eigenvalue weighted by atomic mass is 14.2. The van der Waals surface area contributed by atoms with Gasteiger partial charge in [-0.25, -0.2) is 0 Å². The van der Waals surface area contributed by atoms with Crippen molar-refractivity contribution in [2.24, 2.45) is 0 Å². The number of allylic oxidation sites excluding steroid dienone is 5. The molecule has 0 fully saturated rings. The molecule has 17 heavy (non-hydrogen) atoms. The maximum atomic E-state index is 4.20. The molecule has 2 aliphatic rings. The average Bonchev–Trinajstić information content (AvgIpc) is 2.23. The van der Waals surface area contributed by atoms with E-state index in [0.717, 1.165) is 0 Å². The van der Waals surface area contributed by atoms with E-state index in [1.807, 2.05) is 0 Å². The first kappa shape index (κ1) is 12.7. The van der Waals surface area contributed by atoms with Gasteiger partial charge in [0, 0.05) is 0 Å². The topological polar surface area (TPSA) is 0 Å². The van der Waals surface area contributed by atoms with Crippen LogP contribution in [0.1, 0.15) is 70.6 Å². The second-order valence-electron chi connectivity index (χ2n) is 5.57. The van der Waals surface area contributed by atoms with Crippen LogP contribution in [0.3, 0.4) is 0 Å². The Balaban J connectivity index is 2.10. The van der Waals surface area contributed by atoms with Gasteiger partial charge in [-0.05, 0) is 62.5 Å². The quantitative estimate of drug-likeness (QED) is 0.541. The SMILES string of the molecule is C=C1C=C(C2=CCCCCCC2)CCCCC1. The van der Waals surface area contributed by atoms with E-state index in [4.69, 9.17) is 0 Å². The summed E-state index contributed by atoms with van der Waals surface area (Å²) in [6, 6.07) is 0. The normalized spacial score (nSPS) is 23.9. The Morgan fingerprint density at radius 3 is 2.24 bits per heavy atom. The molecule has 2 aliphatic carbocycles. The molecule has 0 heterocycles. The Labute approximate surface area is 106 Å². The fourth-order valence-electron chi connectivity index (χ4n) is 2.97. The van der Waals surface area contributed by atoms with Crippen LogP contribution >= 0.6 is 0 Å². The summed E-state index contributed by atoms with van der Waals surface area (Å²) in [4.78, 5) is 0. The first-order chi connectivity index (χ1) is 8.36. The van der Waals surface area contributed by atoms with Gasteiger partial charge >= 0.3 is 0 Å². The second-order valence-corrected chi connectivity index (χ2v) is 5.57. The van der Waals surface area contributed by atoms with Crippen molar-refractivity contribution in [3.8, 4) is 0 Å². The van der Waals surface area contributed by atoms with E-state index >= 15 is 0 Å². The molecule has 0 saturated carbocycles. The third-order valence-corrected chi connectivity index (χ3v) is 4.03. The van der Waals surface area contributed by atoms with Gasteiger partial charge in [-0.2, -0.15) is 0 Å². The molecule has 0 bridgehead atoms. The van der Waals surface area contributed by atoms with E-state index in [9.17, 15) is 0 Å². The van der Waals surface area contributed by atoms with Crippen LogP contribution in [-0.2, 0) is 0 Å². The Kier molecular flexibility index (Phi) is 5.09. The molecule has 0 heteroatoms. The molecule has 0 nitrogen and oxygen atoms in total. The third-order valence-electron chi connectivity index (χ3n) is 4.03. The zero-order valence-corrected chi connectivity index (χ0v) is 11.1. The van der Waals surface area contributed by atoms with E-state index < -0.39 is 0 Å². The van der Waals surface area contributed by atoms with Gasteiger partial charge in [-0.3, -0.25) is 0 Å².